The van der Waals surface area contributed by atoms with Crippen molar-refractivity contribution in [2.45, 2.75) is 6.42 Å². The molecular weight excluding hydrogens is 328 g/mol. The van der Waals surface area contributed by atoms with Crippen LogP contribution in [-0.4, -0.2) is 4.57 Å². The first-order valence-electron chi connectivity index (χ1n) is 9.23. The average molecular weight is 348 g/mol. The molecule has 2 heteroatoms. The molecule has 0 fully saturated rings. The first kappa shape index (κ1) is 15.7. The molecule has 0 aliphatic carbocycles. The molecule has 2 nitrogen and oxygen atoms in total. The molecular formula is C25H20N2. The van der Waals surface area contributed by atoms with Gasteiger partial charge in [-0.2, -0.15) is 0 Å². The lowest BCUT2D eigenvalue weighted by Crippen LogP contribution is -2.01. The predicted octanol–water partition coefficient (Wildman–Crippen LogP) is 5.96. The predicted molar refractivity (Wildman–Crippen MR) is 114 cm³/mol. The molecule has 5 rings (SSSR count). The van der Waals surface area contributed by atoms with Crippen LogP contribution in [-0.2, 0) is 6.42 Å². The van der Waals surface area contributed by atoms with E-state index in [0.717, 1.165) is 17.8 Å². The van der Waals surface area contributed by atoms with Gasteiger partial charge in [0.15, 0.2) is 0 Å². The second-order valence-corrected chi connectivity index (χ2v) is 6.88. The third-order valence-electron chi connectivity index (χ3n) is 5.22. The van der Waals surface area contributed by atoms with Crippen LogP contribution in [0, 0.1) is 0 Å². The number of anilines is 1. The van der Waals surface area contributed by atoms with E-state index in [2.05, 4.69) is 95.6 Å². The lowest BCUT2D eigenvalue weighted by atomic mass is 10.00. The molecule has 130 valence electrons. The first-order valence-corrected chi connectivity index (χ1v) is 9.23. The van der Waals surface area contributed by atoms with E-state index in [4.69, 9.17) is 5.73 Å². The number of hydrogen-bond acceptors (Lipinski definition) is 1. The number of nitrogens with two attached hydrogens (primary N) is 1. The molecule has 27 heavy (non-hydrogen) atoms. The summed E-state index contributed by atoms with van der Waals surface area (Å²) in [6, 6.07) is 33.8. The Bertz CT molecular complexity index is 1240. The highest BCUT2D eigenvalue weighted by Crippen LogP contribution is 2.36. The highest BCUT2D eigenvalue weighted by molar-refractivity contribution is 6.11. The van der Waals surface area contributed by atoms with Crippen LogP contribution in [0.25, 0.3) is 27.5 Å². The summed E-state index contributed by atoms with van der Waals surface area (Å²) in [7, 11) is 0. The fourth-order valence-electron chi connectivity index (χ4n) is 3.97. The summed E-state index contributed by atoms with van der Waals surface area (Å²) in [5.41, 5.74) is 13.3. The molecule has 0 spiro atoms. The Morgan fingerprint density at radius 3 is 2.07 bits per heavy atom. The number of aromatic nitrogens is 1. The van der Waals surface area contributed by atoms with Gasteiger partial charge in [0.05, 0.1) is 11.0 Å². The maximum absolute atomic E-state index is 6.49. The zero-order chi connectivity index (χ0) is 18.2. The first-order chi connectivity index (χ1) is 13.3. The van der Waals surface area contributed by atoms with E-state index in [0.29, 0.717) is 0 Å². The highest BCUT2D eigenvalue weighted by atomic mass is 15.0. The van der Waals surface area contributed by atoms with Crippen LogP contribution in [0.5, 0.6) is 0 Å². The molecule has 1 aromatic heterocycles. The Kier molecular flexibility index (Phi) is 3.68. The van der Waals surface area contributed by atoms with Crippen molar-refractivity contribution in [1.29, 1.82) is 0 Å². The number of hydrogen-bond donors (Lipinski definition) is 1. The van der Waals surface area contributed by atoms with Gasteiger partial charge in [-0.1, -0.05) is 72.8 Å². The second kappa shape index (κ2) is 6.33. The largest absolute Gasteiger partial charge is 0.398 e. The molecule has 0 atom stereocenters. The van der Waals surface area contributed by atoms with Crippen LogP contribution in [0.2, 0.25) is 0 Å². The van der Waals surface area contributed by atoms with Crippen LogP contribution in [0.1, 0.15) is 11.1 Å². The Balaban J connectivity index is 1.89. The van der Waals surface area contributed by atoms with Gasteiger partial charge >= 0.3 is 0 Å². The molecule has 1 heterocycles. The van der Waals surface area contributed by atoms with Crippen molar-refractivity contribution in [2.75, 3.05) is 5.73 Å². The molecule has 0 unspecified atom stereocenters. The van der Waals surface area contributed by atoms with Gasteiger partial charge in [0.25, 0.3) is 0 Å². The zero-order valence-corrected chi connectivity index (χ0v) is 15.0. The number of fused-ring (bicyclic) bond motifs is 3. The Labute approximate surface area is 158 Å². The standard InChI is InChI=1S/C25H20N2/c26-23-16-15-21-20-13-7-8-14-24(20)27(19-11-5-2-6-12-19)25(21)22(23)17-18-9-3-1-4-10-18/h1-16H,17,26H2. The average Bonchev–Trinajstić information content (AvgIpc) is 3.06. The summed E-state index contributed by atoms with van der Waals surface area (Å²) in [4.78, 5) is 0. The van der Waals surface area contributed by atoms with E-state index < -0.39 is 0 Å². The van der Waals surface area contributed by atoms with Gasteiger partial charge in [-0.05, 0) is 29.8 Å². The molecule has 5 aromatic rings. The van der Waals surface area contributed by atoms with Crippen molar-refractivity contribution < 1.29 is 0 Å². The minimum Gasteiger partial charge on any atom is -0.398 e. The van der Waals surface area contributed by atoms with E-state index in [1.54, 1.807) is 0 Å². The number of nitrogen functional groups attached to an aromatic ring is 1. The van der Waals surface area contributed by atoms with E-state index in [1.807, 2.05) is 6.07 Å². The minimum absolute atomic E-state index is 0.813. The second-order valence-electron chi connectivity index (χ2n) is 6.88. The maximum Gasteiger partial charge on any atom is 0.0597 e. The van der Waals surface area contributed by atoms with E-state index >= 15 is 0 Å². The van der Waals surface area contributed by atoms with Crippen molar-refractivity contribution in [3.8, 4) is 5.69 Å². The van der Waals surface area contributed by atoms with Crippen LogP contribution in [0.4, 0.5) is 5.69 Å². The van der Waals surface area contributed by atoms with Gasteiger partial charge in [-0.3, -0.25) is 0 Å². The molecule has 0 bridgehead atoms. The summed E-state index contributed by atoms with van der Waals surface area (Å²) < 4.78 is 2.35. The van der Waals surface area contributed by atoms with Crippen LogP contribution >= 0.6 is 0 Å². The van der Waals surface area contributed by atoms with Crippen molar-refractivity contribution in [3.63, 3.8) is 0 Å². The highest BCUT2D eigenvalue weighted by Gasteiger charge is 2.17. The summed E-state index contributed by atoms with van der Waals surface area (Å²) in [6.07, 6.45) is 0.813. The zero-order valence-electron chi connectivity index (χ0n) is 15.0. The molecule has 0 amide bonds. The number of para-hydroxylation sites is 2. The maximum atomic E-state index is 6.49. The lowest BCUT2D eigenvalue weighted by Gasteiger charge is -2.13. The number of nitrogens with zero attached hydrogens (tertiary/aromatic N) is 1. The summed E-state index contributed by atoms with van der Waals surface area (Å²) in [5, 5.41) is 2.50. The van der Waals surface area contributed by atoms with Gasteiger partial charge in [0, 0.05) is 34.1 Å². The molecule has 0 saturated heterocycles. The number of rotatable bonds is 3. The Morgan fingerprint density at radius 1 is 0.630 bits per heavy atom. The summed E-state index contributed by atoms with van der Waals surface area (Å²) in [6.45, 7) is 0. The fraction of sp³-hybridized carbons (Fsp3) is 0.0400. The quantitative estimate of drug-likeness (QED) is 0.401. The monoisotopic (exact) mass is 348 g/mol. The SMILES string of the molecule is Nc1ccc2c3ccccc3n(-c3ccccc3)c2c1Cc1ccccc1. The van der Waals surface area contributed by atoms with Crippen molar-refractivity contribution >= 4 is 27.5 Å². The molecule has 2 N–H and O–H groups in total. The molecule has 0 radical (unpaired) electrons. The fourth-order valence-corrected chi connectivity index (χ4v) is 3.97. The van der Waals surface area contributed by atoms with Gasteiger partial charge in [0.2, 0.25) is 0 Å². The molecule has 0 aliphatic heterocycles. The molecule has 0 aliphatic rings. The van der Waals surface area contributed by atoms with E-state index in [-0.39, 0.29) is 0 Å². The van der Waals surface area contributed by atoms with Crippen LogP contribution in [0.15, 0.2) is 97.1 Å². The summed E-state index contributed by atoms with van der Waals surface area (Å²) >= 11 is 0. The van der Waals surface area contributed by atoms with Gasteiger partial charge in [-0.25, -0.2) is 0 Å². The van der Waals surface area contributed by atoms with E-state index in [1.165, 1.54) is 32.9 Å². The lowest BCUT2D eigenvalue weighted by molar-refractivity contribution is 1.13. The number of benzene rings is 4. The van der Waals surface area contributed by atoms with Crippen LogP contribution < -0.4 is 5.73 Å². The normalized spacial score (nSPS) is 11.3. The summed E-state index contributed by atoms with van der Waals surface area (Å²) in [5.74, 6) is 0. The Hall–Kier alpha value is -3.52. The third kappa shape index (κ3) is 2.58. The smallest absolute Gasteiger partial charge is 0.0597 e. The van der Waals surface area contributed by atoms with Gasteiger partial charge in [0.1, 0.15) is 0 Å². The third-order valence-corrected chi connectivity index (χ3v) is 5.22. The van der Waals surface area contributed by atoms with Crippen LogP contribution in [0.3, 0.4) is 0 Å². The topological polar surface area (TPSA) is 30.9 Å². The minimum atomic E-state index is 0.813. The van der Waals surface area contributed by atoms with Crippen molar-refractivity contribution in [2.24, 2.45) is 0 Å². The van der Waals surface area contributed by atoms with Gasteiger partial charge in [-0.15, -0.1) is 0 Å². The van der Waals surface area contributed by atoms with Crippen molar-refractivity contribution in [1.82, 2.24) is 4.57 Å². The molecule has 0 saturated carbocycles. The van der Waals surface area contributed by atoms with Gasteiger partial charge < -0.3 is 10.3 Å². The Morgan fingerprint density at radius 2 is 1.30 bits per heavy atom. The molecule has 4 aromatic carbocycles. The van der Waals surface area contributed by atoms with Crippen molar-refractivity contribution in [3.05, 3.63) is 108 Å². The van der Waals surface area contributed by atoms with E-state index in [9.17, 15) is 0 Å².